The van der Waals surface area contributed by atoms with E-state index in [0.29, 0.717) is 6.04 Å². The van der Waals surface area contributed by atoms with Gasteiger partial charge in [0.2, 0.25) is 0 Å². The number of hydrogen-bond donors (Lipinski definition) is 1. The molecule has 2 heterocycles. The molecule has 1 aliphatic rings. The average Bonchev–Trinajstić information content (AvgIpc) is 2.85. The molecule has 1 aliphatic heterocycles. The number of thiophene rings is 1. The Labute approximate surface area is 106 Å². The van der Waals surface area contributed by atoms with Crippen LogP contribution in [0.5, 0.6) is 0 Å². The fourth-order valence-corrected chi connectivity index (χ4v) is 3.29. The molecule has 0 bridgehead atoms. The van der Waals surface area contributed by atoms with Crippen molar-refractivity contribution in [3.8, 4) is 0 Å². The van der Waals surface area contributed by atoms with E-state index in [2.05, 4.69) is 25.2 Å². The normalized spacial score (nSPS) is 27.2. The van der Waals surface area contributed by atoms with E-state index >= 15 is 0 Å². The summed E-state index contributed by atoms with van der Waals surface area (Å²) in [5.74, 6) is 0. The van der Waals surface area contributed by atoms with Gasteiger partial charge in [0.15, 0.2) is 0 Å². The Morgan fingerprint density at radius 2 is 2.44 bits per heavy atom. The zero-order chi connectivity index (χ0) is 11.6. The Bertz CT molecular complexity index is 347. The van der Waals surface area contributed by atoms with Gasteiger partial charge in [-0.05, 0) is 31.9 Å². The highest BCUT2D eigenvalue weighted by Gasteiger charge is 2.32. The van der Waals surface area contributed by atoms with Crippen molar-refractivity contribution >= 4 is 22.9 Å². The summed E-state index contributed by atoms with van der Waals surface area (Å²) in [6.45, 7) is 6.11. The van der Waals surface area contributed by atoms with E-state index in [1.807, 2.05) is 6.07 Å². The molecule has 0 amide bonds. The number of halogens is 1. The molecule has 0 aliphatic carbocycles. The summed E-state index contributed by atoms with van der Waals surface area (Å²) in [4.78, 5) is 1.32. The van der Waals surface area contributed by atoms with Gasteiger partial charge in [0, 0.05) is 23.1 Å². The van der Waals surface area contributed by atoms with Crippen LogP contribution in [0.25, 0.3) is 0 Å². The molecule has 0 radical (unpaired) electrons. The van der Waals surface area contributed by atoms with Gasteiger partial charge in [-0.2, -0.15) is 0 Å². The van der Waals surface area contributed by atoms with E-state index in [1.165, 1.54) is 4.88 Å². The highest BCUT2D eigenvalue weighted by atomic mass is 35.5. The highest BCUT2D eigenvalue weighted by Crippen LogP contribution is 2.31. The first-order chi connectivity index (χ1) is 7.63. The predicted molar refractivity (Wildman–Crippen MR) is 69.3 cm³/mol. The second-order valence-corrected chi connectivity index (χ2v) is 6.36. The summed E-state index contributed by atoms with van der Waals surface area (Å²) in [7, 11) is 0. The first-order valence-electron chi connectivity index (χ1n) is 5.74. The third-order valence-electron chi connectivity index (χ3n) is 3.09. The standard InChI is InChI=1S/C12H18ClNOS/c1-3-9(10-4-5-11(13)16-10)14-12(2)6-7-15-8-12/h4-5,9,14H,3,6-8H2,1-2H3. The maximum atomic E-state index is 5.98. The van der Waals surface area contributed by atoms with Crippen molar-refractivity contribution in [3.05, 3.63) is 21.3 Å². The van der Waals surface area contributed by atoms with Gasteiger partial charge in [0.25, 0.3) is 0 Å². The van der Waals surface area contributed by atoms with E-state index in [4.69, 9.17) is 16.3 Å². The Morgan fingerprint density at radius 1 is 1.62 bits per heavy atom. The minimum Gasteiger partial charge on any atom is -0.379 e. The lowest BCUT2D eigenvalue weighted by Gasteiger charge is -2.29. The fourth-order valence-electron chi connectivity index (χ4n) is 2.09. The molecule has 2 atom stereocenters. The molecular weight excluding hydrogens is 242 g/mol. The van der Waals surface area contributed by atoms with Crippen molar-refractivity contribution in [2.45, 2.75) is 38.3 Å². The van der Waals surface area contributed by atoms with Crippen LogP contribution in [0.1, 0.15) is 37.6 Å². The first kappa shape index (κ1) is 12.4. The van der Waals surface area contributed by atoms with Crippen LogP contribution in [0.3, 0.4) is 0 Å². The summed E-state index contributed by atoms with van der Waals surface area (Å²) in [6, 6.07) is 4.48. The Kier molecular flexibility index (Phi) is 3.90. The maximum Gasteiger partial charge on any atom is 0.0931 e. The average molecular weight is 260 g/mol. The van der Waals surface area contributed by atoms with E-state index in [9.17, 15) is 0 Å². The lowest BCUT2D eigenvalue weighted by molar-refractivity contribution is 0.166. The number of ether oxygens (including phenoxy) is 1. The van der Waals surface area contributed by atoms with Crippen molar-refractivity contribution in [2.24, 2.45) is 0 Å². The summed E-state index contributed by atoms with van der Waals surface area (Å²) in [5.41, 5.74) is 0.122. The summed E-state index contributed by atoms with van der Waals surface area (Å²) in [5, 5.41) is 3.70. The molecule has 16 heavy (non-hydrogen) atoms. The number of nitrogens with one attached hydrogen (secondary N) is 1. The summed E-state index contributed by atoms with van der Waals surface area (Å²) in [6.07, 6.45) is 2.16. The second-order valence-electron chi connectivity index (χ2n) is 4.61. The maximum absolute atomic E-state index is 5.98. The van der Waals surface area contributed by atoms with Gasteiger partial charge in [-0.3, -0.25) is 0 Å². The van der Waals surface area contributed by atoms with Gasteiger partial charge in [0.1, 0.15) is 0 Å². The Morgan fingerprint density at radius 3 is 2.94 bits per heavy atom. The van der Waals surface area contributed by atoms with E-state index in [0.717, 1.165) is 30.4 Å². The van der Waals surface area contributed by atoms with Crippen LogP contribution in [0.2, 0.25) is 4.34 Å². The first-order valence-corrected chi connectivity index (χ1v) is 6.93. The third kappa shape index (κ3) is 2.77. The van der Waals surface area contributed by atoms with Gasteiger partial charge < -0.3 is 10.1 Å². The lowest BCUT2D eigenvalue weighted by atomic mass is 9.99. The van der Waals surface area contributed by atoms with Gasteiger partial charge in [-0.1, -0.05) is 18.5 Å². The van der Waals surface area contributed by atoms with Crippen LogP contribution in [-0.4, -0.2) is 18.8 Å². The quantitative estimate of drug-likeness (QED) is 0.892. The van der Waals surface area contributed by atoms with Crippen LogP contribution in [-0.2, 0) is 4.74 Å². The van der Waals surface area contributed by atoms with Crippen LogP contribution in [0.15, 0.2) is 12.1 Å². The van der Waals surface area contributed by atoms with Crippen LogP contribution in [0, 0.1) is 0 Å². The van der Waals surface area contributed by atoms with Crippen LogP contribution >= 0.6 is 22.9 Å². The Hall–Kier alpha value is -0.0900. The van der Waals surface area contributed by atoms with Crippen molar-refractivity contribution in [1.82, 2.24) is 5.32 Å². The predicted octanol–water partition coefficient (Wildman–Crippen LogP) is 3.62. The minimum atomic E-state index is 0.122. The fraction of sp³-hybridized carbons (Fsp3) is 0.667. The monoisotopic (exact) mass is 259 g/mol. The molecule has 1 aromatic rings. The van der Waals surface area contributed by atoms with Gasteiger partial charge in [0.05, 0.1) is 10.9 Å². The number of hydrogen-bond acceptors (Lipinski definition) is 3. The smallest absolute Gasteiger partial charge is 0.0931 e. The molecule has 2 rings (SSSR count). The van der Waals surface area contributed by atoms with E-state index in [-0.39, 0.29) is 5.54 Å². The van der Waals surface area contributed by atoms with Crippen LogP contribution < -0.4 is 5.32 Å². The lowest BCUT2D eigenvalue weighted by Crippen LogP contribution is -2.44. The molecule has 1 fully saturated rings. The molecule has 0 aromatic carbocycles. The van der Waals surface area contributed by atoms with Gasteiger partial charge in [-0.25, -0.2) is 0 Å². The molecule has 1 aromatic heterocycles. The zero-order valence-electron chi connectivity index (χ0n) is 9.75. The third-order valence-corrected chi connectivity index (χ3v) is 4.43. The summed E-state index contributed by atoms with van der Waals surface area (Å²) < 4.78 is 6.33. The van der Waals surface area contributed by atoms with Crippen molar-refractivity contribution in [1.29, 1.82) is 0 Å². The molecular formula is C12H18ClNOS. The minimum absolute atomic E-state index is 0.122. The van der Waals surface area contributed by atoms with E-state index < -0.39 is 0 Å². The molecule has 90 valence electrons. The molecule has 2 unspecified atom stereocenters. The topological polar surface area (TPSA) is 21.3 Å². The molecule has 1 saturated heterocycles. The number of rotatable bonds is 4. The highest BCUT2D eigenvalue weighted by molar-refractivity contribution is 7.16. The van der Waals surface area contributed by atoms with Gasteiger partial charge in [-0.15, -0.1) is 11.3 Å². The largest absolute Gasteiger partial charge is 0.379 e. The van der Waals surface area contributed by atoms with Crippen molar-refractivity contribution in [3.63, 3.8) is 0 Å². The second kappa shape index (κ2) is 5.05. The molecule has 0 saturated carbocycles. The Balaban J connectivity index is 2.05. The van der Waals surface area contributed by atoms with Crippen molar-refractivity contribution in [2.75, 3.05) is 13.2 Å². The zero-order valence-corrected chi connectivity index (χ0v) is 11.3. The van der Waals surface area contributed by atoms with Crippen LogP contribution in [0.4, 0.5) is 0 Å². The van der Waals surface area contributed by atoms with Gasteiger partial charge >= 0.3 is 0 Å². The molecule has 1 N–H and O–H groups in total. The molecule has 0 spiro atoms. The van der Waals surface area contributed by atoms with E-state index in [1.54, 1.807) is 11.3 Å². The molecule has 2 nitrogen and oxygen atoms in total. The molecule has 4 heteroatoms. The summed E-state index contributed by atoms with van der Waals surface area (Å²) >= 11 is 7.64. The van der Waals surface area contributed by atoms with Crippen molar-refractivity contribution < 1.29 is 4.74 Å². The SMILES string of the molecule is CCC(NC1(C)CCOC1)c1ccc(Cl)s1.